The van der Waals surface area contributed by atoms with Crippen molar-refractivity contribution < 1.29 is 14.6 Å². The molecule has 0 heterocycles. The van der Waals surface area contributed by atoms with Gasteiger partial charge in [0.15, 0.2) is 0 Å². The molecule has 0 aliphatic carbocycles. The van der Waals surface area contributed by atoms with Gasteiger partial charge in [0.1, 0.15) is 17.2 Å². The Kier molecular flexibility index (Phi) is 4.58. The van der Waals surface area contributed by atoms with Crippen LogP contribution in [-0.4, -0.2) is 19.3 Å². The molecule has 2 N–H and O–H groups in total. The second-order valence-electron chi connectivity index (χ2n) is 4.99. The van der Waals surface area contributed by atoms with E-state index < -0.39 is 0 Å². The number of ether oxygens (including phenoxy) is 2. The Morgan fingerprint density at radius 2 is 1.81 bits per heavy atom. The Balaban J connectivity index is 2.23. The number of hydrogen-bond donors (Lipinski definition) is 2. The standard InChI is InChI=1S/C17H21NO3/c1-11-5-8-15(17(9-11)21-4)18-12(2)14-7-6-13(20-3)10-16(14)19/h5-10,12,18-19H,1-4H3. The van der Waals surface area contributed by atoms with Crippen LogP contribution in [0.3, 0.4) is 0 Å². The second kappa shape index (κ2) is 6.39. The Morgan fingerprint density at radius 1 is 1.05 bits per heavy atom. The molecule has 4 heteroatoms. The van der Waals surface area contributed by atoms with Gasteiger partial charge in [-0.15, -0.1) is 0 Å². The van der Waals surface area contributed by atoms with Crippen molar-refractivity contribution in [2.75, 3.05) is 19.5 Å². The van der Waals surface area contributed by atoms with Crippen LogP contribution in [0.15, 0.2) is 36.4 Å². The van der Waals surface area contributed by atoms with E-state index in [1.165, 1.54) is 0 Å². The molecular formula is C17H21NO3. The predicted octanol–water partition coefficient (Wildman–Crippen LogP) is 3.89. The van der Waals surface area contributed by atoms with Crippen LogP contribution in [0, 0.1) is 6.92 Å². The average molecular weight is 287 g/mol. The molecule has 4 nitrogen and oxygen atoms in total. The third-order valence-corrected chi connectivity index (χ3v) is 3.43. The minimum Gasteiger partial charge on any atom is -0.507 e. The van der Waals surface area contributed by atoms with Gasteiger partial charge >= 0.3 is 0 Å². The molecule has 0 spiro atoms. The number of hydrogen-bond acceptors (Lipinski definition) is 4. The quantitative estimate of drug-likeness (QED) is 0.876. The van der Waals surface area contributed by atoms with Crippen LogP contribution >= 0.6 is 0 Å². The first-order valence-electron chi connectivity index (χ1n) is 6.83. The van der Waals surface area contributed by atoms with Crippen LogP contribution in [0.2, 0.25) is 0 Å². The summed E-state index contributed by atoms with van der Waals surface area (Å²) in [7, 11) is 3.22. The van der Waals surface area contributed by atoms with Crippen LogP contribution in [0.4, 0.5) is 5.69 Å². The Morgan fingerprint density at radius 3 is 2.43 bits per heavy atom. The highest BCUT2D eigenvalue weighted by Gasteiger charge is 2.13. The maximum absolute atomic E-state index is 10.1. The summed E-state index contributed by atoms with van der Waals surface area (Å²) in [6, 6.07) is 11.2. The molecule has 1 atom stereocenters. The summed E-state index contributed by atoms with van der Waals surface area (Å²) >= 11 is 0. The van der Waals surface area contributed by atoms with E-state index >= 15 is 0 Å². The molecule has 2 aromatic carbocycles. The monoisotopic (exact) mass is 287 g/mol. The van der Waals surface area contributed by atoms with Gasteiger partial charge in [0.25, 0.3) is 0 Å². The number of nitrogens with one attached hydrogen (secondary N) is 1. The highest BCUT2D eigenvalue weighted by Crippen LogP contribution is 2.33. The van der Waals surface area contributed by atoms with Gasteiger partial charge in [0.2, 0.25) is 0 Å². The SMILES string of the molecule is COc1ccc(C(C)Nc2ccc(C)cc2OC)c(O)c1. The van der Waals surface area contributed by atoms with Gasteiger partial charge < -0.3 is 19.9 Å². The van der Waals surface area contributed by atoms with Crippen molar-refractivity contribution in [2.24, 2.45) is 0 Å². The fourth-order valence-electron chi connectivity index (χ4n) is 2.25. The Bertz CT molecular complexity index is 625. The molecule has 0 amide bonds. The molecule has 0 saturated heterocycles. The second-order valence-corrected chi connectivity index (χ2v) is 4.99. The third-order valence-electron chi connectivity index (χ3n) is 3.43. The predicted molar refractivity (Wildman–Crippen MR) is 84.4 cm³/mol. The topological polar surface area (TPSA) is 50.7 Å². The van der Waals surface area contributed by atoms with Crippen LogP contribution in [0.25, 0.3) is 0 Å². The summed E-state index contributed by atoms with van der Waals surface area (Å²) in [5.41, 5.74) is 2.83. The van der Waals surface area contributed by atoms with E-state index in [0.717, 1.165) is 22.6 Å². The summed E-state index contributed by atoms with van der Waals surface area (Å²) in [6.07, 6.45) is 0. The van der Waals surface area contributed by atoms with Crippen LogP contribution < -0.4 is 14.8 Å². The molecule has 1 unspecified atom stereocenters. The van der Waals surface area contributed by atoms with Gasteiger partial charge in [-0.1, -0.05) is 6.07 Å². The Hall–Kier alpha value is -2.36. The van der Waals surface area contributed by atoms with E-state index in [4.69, 9.17) is 9.47 Å². The lowest BCUT2D eigenvalue weighted by Gasteiger charge is -2.19. The number of aromatic hydroxyl groups is 1. The van der Waals surface area contributed by atoms with Crippen LogP contribution in [-0.2, 0) is 0 Å². The van der Waals surface area contributed by atoms with Crippen LogP contribution in [0.1, 0.15) is 24.1 Å². The molecule has 0 fully saturated rings. The number of aryl methyl sites for hydroxylation is 1. The first-order chi connectivity index (χ1) is 10.0. The number of rotatable bonds is 5. The summed E-state index contributed by atoms with van der Waals surface area (Å²) in [5, 5.41) is 13.4. The van der Waals surface area contributed by atoms with Gasteiger partial charge in [0.05, 0.1) is 25.9 Å². The smallest absolute Gasteiger partial charge is 0.142 e. The molecule has 2 aromatic rings. The molecule has 112 valence electrons. The molecule has 0 saturated carbocycles. The molecule has 0 aliphatic rings. The van der Waals surface area contributed by atoms with E-state index in [-0.39, 0.29) is 11.8 Å². The maximum Gasteiger partial charge on any atom is 0.142 e. The van der Waals surface area contributed by atoms with E-state index in [0.29, 0.717) is 5.75 Å². The van der Waals surface area contributed by atoms with Crippen molar-refractivity contribution in [3.05, 3.63) is 47.5 Å². The largest absolute Gasteiger partial charge is 0.507 e. The minimum atomic E-state index is -0.0625. The number of anilines is 1. The van der Waals surface area contributed by atoms with E-state index in [9.17, 15) is 5.11 Å². The summed E-state index contributed by atoms with van der Waals surface area (Å²) in [6.45, 7) is 4.01. The molecule has 21 heavy (non-hydrogen) atoms. The lowest BCUT2D eigenvalue weighted by molar-refractivity contribution is 0.405. The van der Waals surface area contributed by atoms with Crippen molar-refractivity contribution in [2.45, 2.75) is 19.9 Å². The molecular weight excluding hydrogens is 266 g/mol. The zero-order valence-corrected chi connectivity index (χ0v) is 12.8. The number of methoxy groups -OCH3 is 2. The van der Waals surface area contributed by atoms with E-state index in [1.54, 1.807) is 20.3 Å². The van der Waals surface area contributed by atoms with Gasteiger partial charge in [-0.25, -0.2) is 0 Å². The number of phenolic OH excluding ortho intramolecular Hbond substituents is 1. The molecule has 0 bridgehead atoms. The zero-order chi connectivity index (χ0) is 15.4. The van der Waals surface area contributed by atoms with Gasteiger partial charge in [0, 0.05) is 11.6 Å². The maximum atomic E-state index is 10.1. The number of benzene rings is 2. The van der Waals surface area contributed by atoms with Crippen molar-refractivity contribution in [3.8, 4) is 17.2 Å². The van der Waals surface area contributed by atoms with Gasteiger partial charge in [-0.05, 0) is 43.7 Å². The molecule has 2 rings (SSSR count). The summed E-state index contributed by atoms with van der Waals surface area (Å²) in [4.78, 5) is 0. The van der Waals surface area contributed by atoms with Crippen molar-refractivity contribution >= 4 is 5.69 Å². The van der Waals surface area contributed by atoms with Crippen molar-refractivity contribution in [1.29, 1.82) is 0 Å². The minimum absolute atomic E-state index is 0.0625. The van der Waals surface area contributed by atoms with Gasteiger partial charge in [-0.2, -0.15) is 0 Å². The third kappa shape index (κ3) is 3.40. The normalized spacial score (nSPS) is 11.8. The summed E-state index contributed by atoms with van der Waals surface area (Å²) in [5.74, 6) is 1.63. The van der Waals surface area contributed by atoms with Crippen LogP contribution in [0.5, 0.6) is 17.2 Å². The van der Waals surface area contributed by atoms with E-state index in [1.807, 2.05) is 44.2 Å². The zero-order valence-electron chi connectivity index (χ0n) is 12.8. The van der Waals surface area contributed by atoms with Crippen molar-refractivity contribution in [1.82, 2.24) is 0 Å². The molecule has 0 aromatic heterocycles. The van der Waals surface area contributed by atoms with E-state index in [2.05, 4.69) is 5.32 Å². The first kappa shape index (κ1) is 15.0. The molecule has 0 radical (unpaired) electrons. The fraction of sp³-hybridized carbons (Fsp3) is 0.294. The van der Waals surface area contributed by atoms with Crippen molar-refractivity contribution in [3.63, 3.8) is 0 Å². The molecule has 0 aliphatic heterocycles. The average Bonchev–Trinajstić information content (AvgIpc) is 2.48. The number of phenols is 1. The first-order valence-corrected chi connectivity index (χ1v) is 6.83. The van der Waals surface area contributed by atoms with Gasteiger partial charge in [-0.3, -0.25) is 0 Å². The highest BCUT2D eigenvalue weighted by atomic mass is 16.5. The lowest BCUT2D eigenvalue weighted by atomic mass is 10.1. The summed E-state index contributed by atoms with van der Waals surface area (Å²) < 4.78 is 10.5. The Labute approximate surface area is 125 Å². The fourth-order valence-corrected chi connectivity index (χ4v) is 2.25. The highest BCUT2D eigenvalue weighted by molar-refractivity contribution is 5.59. The lowest BCUT2D eigenvalue weighted by Crippen LogP contribution is -2.08.